The first kappa shape index (κ1) is 11.2. The van der Waals surface area contributed by atoms with E-state index < -0.39 is 0 Å². The van der Waals surface area contributed by atoms with E-state index >= 15 is 0 Å². The number of fused-ring (bicyclic) bond motifs is 1. The van der Waals surface area contributed by atoms with E-state index in [4.69, 9.17) is 5.84 Å². The van der Waals surface area contributed by atoms with Gasteiger partial charge in [0.05, 0.1) is 0 Å². The van der Waals surface area contributed by atoms with Crippen molar-refractivity contribution < 1.29 is 0 Å². The first-order chi connectivity index (χ1) is 8.28. The molecule has 17 heavy (non-hydrogen) atoms. The smallest absolute Gasteiger partial charge is 0.0488 e. The predicted molar refractivity (Wildman–Crippen MR) is 74.4 cm³/mol. The zero-order valence-electron chi connectivity index (χ0n) is 9.49. The van der Waals surface area contributed by atoms with Crippen molar-refractivity contribution in [3.63, 3.8) is 0 Å². The molecule has 3 rings (SSSR count). The van der Waals surface area contributed by atoms with Crippen LogP contribution in [0.2, 0.25) is 0 Å². The Kier molecular flexibility index (Phi) is 2.90. The van der Waals surface area contributed by atoms with Crippen LogP contribution in [-0.2, 0) is 0 Å². The molecule has 2 aromatic rings. The van der Waals surface area contributed by atoms with Gasteiger partial charge in [-0.05, 0) is 53.3 Å². The summed E-state index contributed by atoms with van der Waals surface area (Å²) in [5.41, 5.74) is 4.24. The molecular formula is C14H15BrN2. The zero-order valence-corrected chi connectivity index (χ0v) is 11.1. The Labute approximate surface area is 109 Å². The largest absolute Gasteiger partial charge is 0.271 e. The molecule has 0 spiro atoms. The van der Waals surface area contributed by atoms with Crippen LogP contribution in [0.5, 0.6) is 0 Å². The van der Waals surface area contributed by atoms with E-state index in [1.54, 1.807) is 0 Å². The minimum absolute atomic E-state index is 0.308. The molecule has 0 aromatic heterocycles. The number of hydrogen-bond donors (Lipinski definition) is 2. The molecule has 0 heterocycles. The molecule has 2 nitrogen and oxygen atoms in total. The SMILES string of the molecule is NNC(c1ccc2cc(Br)ccc2c1)C1CC1. The van der Waals surface area contributed by atoms with Crippen LogP contribution in [0.3, 0.4) is 0 Å². The standard InChI is InChI=1S/C14H15BrN2/c15-13-6-5-10-7-12(4-3-11(10)8-13)14(17-16)9-1-2-9/h3-9,14,17H,1-2,16H2. The molecule has 0 bridgehead atoms. The summed E-state index contributed by atoms with van der Waals surface area (Å²) < 4.78 is 1.12. The molecule has 3 N–H and O–H groups in total. The highest BCUT2D eigenvalue weighted by molar-refractivity contribution is 9.10. The monoisotopic (exact) mass is 290 g/mol. The van der Waals surface area contributed by atoms with Gasteiger partial charge in [0.15, 0.2) is 0 Å². The fourth-order valence-electron chi connectivity index (χ4n) is 2.36. The molecule has 3 heteroatoms. The summed E-state index contributed by atoms with van der Waals surface area (Å²) in [5.74, 6) is 6.37. The molecule has 1 saturated carbocycles. The second-order valence-electron chi connectivity index (χ2n) is 4.73. The Balaban J connectivity index is 2.03. The maximum Gasteiger partial charge on any atom is 0.0488 e. The van der Waals surface area contributed by atoms with Crippen molar-refractivity contribution in [3.8, 4) is 0 Å². The molecule has 1 unspecified atom stereocenters. The van der Waals surface area contributed by atoms with Crippen molar-refractivity contribution >= 4 is 26.7 Å². The van der Waals surface area contributed by atoms with Crippen LogP contribution in [0, 0.1) is 5.92 Å². The first-order valence-electron chi connectivity index (χ1n) is 5.93. The maximum atomic E-state index is 5.66. The Hall–Kier alpha value is -0.900. The normalized spacial score (nSPS) is 17.3. The van der Waals surface area contributed by atoms with Crippen molar-refractivity contribution in [1.82, 2.24) is 5.43 Å². The van der Waals surface area contributed by atoms with Crippen LogP contribution in [-0.4, -0.2) is 0 Å². The summed E-state index contributed by atoms with van der Waals surface area (Å²) in [6.07, 6.45) is 2.57. The van der Waals surface area contributed by atoms with Gasteiger partial charge in [0, 0.05) is 10.5 Å². The Morgan fingerprint density at radius 1 is 1.12 bits per heavy atom. The molecule has 1 aliphatic carbocycles. The number of hydrazine groups is 1. The Morgan fingerprint density at radius 3 is 2.53 bits per heavy atom. The van der Waals surface area contributed by atoms with Crippen molar-refractivity contribution in [1.29, 1.82) is 0 Å². The molecule has 1 atom stereocenters. The summed E-state index contributed by atoms with van der Waals surface area (Å²) in [4.78, 5) is 0. The second-order valence-corrected chi connectivity index (χ2v) is 5.65. The average Bonchev–Trinajstić information content (AvgIpc) is 3.15. The molecule has 2 aromatic carbocycles. The van der Waals surface area contributed by atoms with Crippen molar-refractivity contribution in [2.24, 2.45) is 11.8 Å². The summed E-state index contributed by atoms with van der Waals surface area (Å²) >= 11 is 3.49. The lowest BCUT2D eigenvalue weighted by atomic mass is 9.99. The van der Waals surface area contributed by atoms with Crippen molar-refractivity contribution in [2.45, 2.75) is 18.9 Å². The van der Waals surface area contributed by atoms with E-state index in [1.807, 2.05) is 0 Å². The third kappa shape index (κ3) is 2.23. The van der Waals surface area contributed by atoms with Crippen molar-refractivity contribution in [2.75, 3.05) is 0 Å². The molecular weight excluding hydrogens is 276 g/mol. The molecule has 0 amide bonds. The van der Waals surface area contributed by atoms with Gasteiger partial charge in [-0.1, -0.05) is 34.1 Å². The third-order valence-electron chi connectivity index (χ3n) is 3.46. The lowest BCUT2D eigenvalue weighted by Gasteiger charge is -2.16. The number of nitrogens with two attached hydrogens (primary N) is 1. The summed E-state index contributed by atoms with van der Waals surface area (Å²) in [7, 11) is 0. The number of benzene rings is 2. The van der Waals surface area contributed by atoms with Crippen LogP contribution in [0.15, 0.2) is 40.9 Å². The number of nitrogens with one attached hydrogen (secondary N) is 1. The zero-order chi connectivity index (χ0) is 11.8. The van der Waals surface area contributed by atoms with Crippen LogP contribution >= 0.6 is 15.9 Å². The molecule has 1 fully saturated rings. The van der Waals surface area contributed by atoms with E-state index in [1.165, 1.54) is 29.2 Å². The topological polar surface area (TPSA) is 38.0 Å². The van der Waals surface area contributed by atoms with Gasteiger partial charge < -0.3 is 0 Å². The van der Waals surface area contributed by atoms with E-state index in [0.717, 1.165) is 4.47 Å². The van der Waals surface area contributed by atoms with E-state index in [-0.39, 0.29) is 0 Å². The highest BCUT2D eigenvalue weighted by Crippen LogP contribution is 2.41. The molecule has 1 aliphatic rings. The maximum absolute atomic E-state index is 5.66. The van der Waals surface area contributed by atoms with Crippen LogP contribution in [0.25, 0.3) is 10.8 Å². The molecule has 0 saturated heterocycles. The van der Waals surface area contributed by atoms with Gasteiger partial charge in [0.25, 0.3) is 0 Å². The minimum atomic E-state index is 0.308. The minimum Gasteiger partial charge on any atom is -0.271 e. The van der Waals surface area contributed by atoms with E-state index in [0.29, 0.717) is 12.0 Å². The van der Waals surface area contributed by atoms with Crippen LogP contribution in [0.1, 0.15) is 24.4 Å². The first-order valence-corrected chi connectivity index (χ1v) is 6.72. The van der Waals surface area contributed by atoms with Gasteiger partial charge in [0.1, 0.15) is 0 Å². The fraction of sp³-hybridized carbons (Fsp3) is 0.286. The number of halogens is 1. The van der Waals surface area contributed by atoms with Crippen LogP contribution in [0.4, 0.5) is 0 Å². The van der Waals surface area contributed by atoms with Gasteiger partial charge in [-0.15, -0.1) is 0 Å². The Bertz CT molecular complexity index is 549. The second kappa shape index (κ2) is 4.41. The summed E-state index contributed by atoms with van der Waals surface area (Å²) in [6.45, 7) is 0. The van der Waals surface area contributed by atoms with E-state index in [9.17, 15) is 0 Å². The number of hydrogen-bond acceptors (Lipinski definition) is 2. The van der Waals surface area contributed by atoms with Gasteiger partial charge >= 0.3 is 0 Å². The highest BCUT2D eigenvalue weighted by Gasteiger charge is 2.31. The van der Waals surface area contributed by atoms with Crippen LogP contribution < -0.4 is 11.3 Å². The summed E-state index contributed by atoms with van der Waals surface area (Å²) in [5, 5.41) is 2.53. The Morgan fingerprint density at radius 2 is 1.82 bits per heavy atom. The van der Waals surface area contributed by atoms with E-state index in [2.05, 4.69) is 57.8 Å². The van der Waals surface area contributed by atoms with Crippen molar-refractivity contribution in [3.05, 3.63) is 46.4 Å². The number of rotatable bonds is 3. The van der Waals surface area contributed by atoms with Gasteiger partial charge in [-0.3, -0.25) is 11.3 Å². The lowest BCUT2D eigenvalue weighted by Crippen LogP contribution is -2.29. The molecule has 88 valence electrons. The average molecular weight is 291 g/mol. The predicted octanol–water partition coefficient (Wildman–Crippen LogP) is 3.52. The summed E-state index contributed by atoms with van der Waals surface area (Å²) in [6, 6.07) is 13.3. The highest BCUT2D eigenvalue weighted by atomic mass is 79.9. The molecule has 0 aliphatic heterocycles. The molecule has 0 radical (unpaired) electrons. The quantitative estimate of drug-likeness (QED) is 0.671. The van der Waals surface area contributed by atoms with Gasteiger partial charge in [-0.25, -0.2) is 0 Å². The van der Waals surface area contributed by atoms with Gasteiger partial charge in [0.2, 0.25) is 0 Å². The fourth-order valence-corrected chi connectivity index (χ4v) is 2.74. The third-order valence-corrected chi connectivity index (χ3v) is 3.95. The van der Waals surface area contributed by atoms with Gasteiger partial charge in [-0.2, -0.15) is 0 Å². The lowest BCUT2D eigenvalue weighted by molar-refractivity contribution is 0.497.